The largest absolute Gasteiger partial charge is 0.435 e. The van der Waals surface area contributed by atoms with Crippen LogP contribution in [0.2, 0.25) is 0 Å². The van der Waals surface area contributed by atoms with Gasteiger partial charge in [0, 0.05) is 5.69 Å². The smallest absolute Gasteiger partial charge is 0.387 e. The van der Waals surface area contributed by atoms with E-state index in [0.717, 1.165) is 5.56 Å². The Labute approximate surface area is 147 Å². The van der Waals surface area contributed by atoms with Crippen LogP contribution in [0.5, 0.6) is 5.75 Å². The van der Waals surface area contributed by atoms with E-state index in [-0.39, 0.29) is 17.9 Å². The van der Waals surface area contributed by atoms with Crippen molar-refractivity contribution in [3.8, 4) is 5.75 Å². The highest BCUT2D eigenvalue weighted by atomic mass is 19.3. The first-order valence-corrected chi connectivity index (χ1v) is 7.73. The van der Waals surface area contributed by atoms with Gasteiger partial charge in [-0.15, -0.1) is 0 Å². The summed E-state index contributed by atoms with van der Waals surface area (Å²) in [7, 11) is 0. The van der Waals surface area contributed by atoms with Crippen molar-refractivity contribution in [1.29, 1.82) is 0 Å². The van der Waals surface area contributed by atoms with Gasteiger partial charge in [0.25, 0.3) is 5.56 Å². The molecule has 3 aromatic rings. The molecule has 0 aliphatic carbocycles. The maximum atomic E-state index is 12.5. The number of hydrogen-bond acceptors (Lipinski definition) is 4. The van der Waals surface area contributed by atoms with Crippen molar-refractivity contribution in [3.05, 3.63) is 64.7 Å². The zero-order valence-electron chi connectivity index (χ0n) is 13.8. The van der Waals surface area contributed by atoms with Crippen LogP contribution in [-0.2, 0) is 11.3 Å². The summed E-state index contributed by atoms with van der Waals surface area (Å²) in [4.78, 5) is 28.9. The number of halogens is 2. The molecule has 3 rings (SSSR count). The Morgan fingerprint density at radius 2 is 1.96 bits per heavy atom. The van der Waals surface area contributed by atoms with E-state index >= 15 is 0 Å². The van der Waals surface area contributed by atoms with Crippen LogP contribution in [0.1, 0.15) is 5.56 Å². The Bertz CT molecular complexity index is 1000. The number of hydrogen-bond donors (Lipinski definition) is 1. The Morgan fingerprint density at radius 3 is 2.65 bits per heavy atom. The van der Waals surface area contributed by atoms with Gasteiger partial charge in [-0.25, -0.2) is 4.98 Å². The number of carbonyl (C=O) groups excluding carboxylic acids is 1. The average molecular weight is 359 g/mol. The molecular formula is C18H15F2N3O3. The van der Waals surface area contributed by atoms with Crippen molar-refractivity contribution < 1.29 is 18.3 Å². The minimum absolute atomic E-state index is 0.0108. The van der Waals surface area contributed by atoms with Crippen LogP contribution in [0, 0.1) is 6.92 Å². The van der Waals surface area contributed by atoms with Crippen LogP contribution in [0.15, 0.2) is 53.6 Å². The summed E-state index contributed by atoms with van der Waals surface area (Å²) in [5.74, 6) is -0.452. The van der Waals surface area contributed by atoms with Crippen molar-refractivity contribution in [1.82, 2.24) is 9.55 Å². The minimum Gasteiger partial charge on any atom is -0.435 e. The SMILES string of the molecule is Cc1cccc2c(=O)n(CC(=O)Nc3ccc(OC(F)F)cc3)cnc12. The highest BCUT2D eigenvalue weighted by molar-refractivity contribution is 5.90. The third-order valence-electron chi connectivity index (χ3n) is 3.73. The molecule has 0 unspecified atom stereocenters. The second-order valence-corrected chi connectivity index (χ2v) is 5.60. The molecule has 0 fully saturated rings. The summed E-state index contributed by atoms with van der Waals surface area (Å²) in [5.41, 5.74) is 1.56. The minimum atomic E-state index is -2.91. The van der Waals surface area contributed by atoms with Crippen LogP contribution in [-0.4, -0.2) is 22.1 Å². The quantitative estimate of drug-likeness (QED) is 0.760. The predicted molar refractivity (Wildman–Crippen MR) is 92.4 cm³/mol. The number of nitrogens with zero attached hydrogens (tertiary/aromatic N) is 2. The number of amides is 1. The maximum absolute atomic E-state index is 12.5. The second kappa shape index (κ2) is 7.30. The molecule has 0 saturated carbocycles. The molecule has 0 spiro atoms. The lowest BCUT2D eigenvalue weighted by molar-refractivity contribution is -0.116. The monoisotopic (exact) mass is 359 g/mol. The number of alkyl halides is 2. The fourth-order valence-electron chi connectivity index (χ4n) is 2.53. The van der Waals surface area contributed by atoms with Crippen molar-refractivity contribution in [2.24, 2.45) is 0 Å². The van der Waals surface area contributed by atoms with Crippen molar-refractivity contribution in [2.75, 3.05) is 5.32 Å². The van der Waals surface area contributed by atoms with Crippen LogP contribution in [0.25, 0.3) is 10.9 Å². The number of anilines is 1. The first kappa shape index (κ1) is 17.5. The lowest BCUT2D eigenvalue weighted by Crippen LogP contribution is -2.28. The summed E-state index contributed by atoms with van der Waals surface area (Å²) >= 11 is 0. The molecule has 8 heteroatoms. The van der Waals surface area contributed by atoms with Crippen molar-refractivity contribution >= 4 is 22.5 Å². The zero-order valence-corrected chi connectivity index (χ0v) is 13.8. The number of ether oxygens (including phenoxy) is 1. The molecule has 0 saturated heterocycles. The maximum Gasteiger partial charge on any atom is 0.387 e. The molecular weight excluding hydrogens is 344 g/mol. The molecule has 0 atom stereocenters. The number of aromatic nitrogens is 2. The molecule has 2 aromatic carbocycles. The van der Waals surface area contributed by atoms with Gasteiger partial charge in [0.15, 0.2) is 0 Å². The molecule has 134 valence electrons. The molecule has 0 radical (unpaired) electrons. The van der Waals surface area contributed by atoms with Crippen LogP contribution in [0.3, 0.4) is 0 Å². The van der Waals surface area contributed by atoms with E-state index in [1.54, 1.807) is 12.1 Å². The molecule has 1 heterocycles. The summed E-state index contributed by atoms with van der Waals surface area (Å²) in [6.07, 6.45) is 1.33. The van der Waals surface area contributed by atoms with Gasteiger partial charge >= 0.3 is 6.61 Å². The highest BCUT2D eigenvalue weighted by Gasteiger charge is 2.10. The van der Waals surface area contributed by atoms with Gasteiger partial charge in [-0.05, 0) is 42.8 Å². The van der Waals surface area contributed by atoms with Crippen LogP contribution >= 0.6 is 0 Å². The summed E-state index contributed by atoms with van der Waals surface area (Å²) in [5, 5.41) is 3.03. The van der Waals surface area contributed by atoms with Gasteiger partial charge in [-0.3, -0.25) is 14.2 Å². The predicted octanol–water partition coefficient (Wildman–Crippen LogP) is 2.95. The lowest BCUT2D eigenvalue weighted by Gasteiger charge is -2.09. The summed E-state index contributed by atoms with van der Waals surface area (Å²) in [6, 6.07) is 10.8. The van der Waals surface area contributed by atoms with E-state index in [2.05, 4.69) is 15.0 Å². The molecule has 6 nitrogen and oxygen atoms in total. The highest BCUT2D eigenvalue weighted by Crippen LogP contribution is 2.17. The molecule has 0 aliphatic rings. The number of fused-ring (bicyclic) bond motifs is 1. The molecule has 26 heavy (non-hydrogen) atoms. The third kappa shape index (κ3) is 3.85. The normalized spacial score (nSPS) is 10.9. The Kier molecular flexibility index (Phi) is 4.92. The second-order valence-electron chi connectivity index (χ2n) is 5.60. The van der Waals surface area contributed by atoms with E-state index in [4.69, 9.17) is 0 Å². The number of benzene rings is 2. The first-order chi connectivity index (χ1) is 12.4. The zero-order chi connectivity index (χ0) is 18.7. The Hall–Kier alpha value is -3.29. The lowest BCUT2D eigenvalue weighted by atomic mass is 10.1. The average Bonchev–Trinajstić information content (AvgIpc) is 2.59. The number of para-hydroxylation sites is 1. The van der Waals surface area contributed by atoms with Crippen molar-refractivity contribution in [2.45, 2.75) is 20.1 Å². The van der Waals surface area contributed by atoms with Gasteiger partial charge in [0.05, 0.1) is 17.2 Å². The number of aryl methyl sites for hydroxylation is 1. The van der Waals surface area contributed by atoms with Crippen LogP contribution < -0.4 is 15.6 Å². The van der Waals surface area contributed by atoms with Crippen molar-refractivity contribution in [3.63, 3.8) is 0 Å². The summed E-state index contributed by atoms with van der Waals surface area (Å²) in [6.45, 7) is -1.27. The summed E-state index contributed by atoms with van der Waals surface area (Å²) < 4.78 is 29.7. The number of rotatable bonds is 5. The van der Waals surface area contributed by atoms with Gasteiger partial charge < -0.3 is 10.1 Å². The number of carbonyl (C=O) groups is 1. The fraction of sp³-hybridized carbons (Fsp3) is 0.167. The van der Waals surface area contributed by atoms with E-state index < -0.39 is 12.5 Å². The van der Waals surface area contributed by atoms with E-state index in [1.807, 2.05) is 13.0 Å². The topological polar surface area (TPSA) is 73.2 Å². The van der Waals surface area contributed by atoms with E-state index in [1.165, 1.54) is 35.2 Å². The number of nitrogens with one attached hydrogen (secondary N) is 1. The Balaban J connectivity index is 1.73. The molecule has 0 bridgehead atoms. The van der Waals surface area contributed by atoms with E-state index in [9.17, 15) is 18.4 Å². The van der Waals surface area contributed by atoms with Gasteiger partial charge in [0.1, 0.15) is 12.3 Å². The molecule has 1 aromatic heterocycles. The fourth-order valence-corrected chi connectivity index (χ4v) is 2.53. The van der Waals surface area contributed by atoms with Crippen LogP contribution in [0.4, 0.5) is 14.5 Å². The molecule has 1 N–H and O–H groups in total. The van der Waals surface area contributed by atoms with Gasteiger partial charge in [0.2, 0.25) is 5.91 Å². The molecule has 0 aliphatic heterocycles. The third-order valence-corrected chi connectivity index (χ3v) is 3.73. The van der Waals surface area contributed by atoms with Gasteiger partial charge in [-0.2, -0.15) is 8.78 Å². The van der Waals surface area contributed by atoms with E-state index in [0.29, 0.717) is 16.6 Å². The Morgan fingerprint density at radius 1 is 1.23 bits per heavy atom. The molecule has 1 amide bonds. The van der Waals surface area contributed by atoms with Gasteiger partial charge in [-0.1, -0.05) is 12.1 Å². The first-order valence-electron chi connectivity index (χ1n) is 7.73. The standard InChI is InChI=1S/C18H15F2N3O3/c1-11-3-2-4-14-16(11)21-10-23(17(14)25)9-15(24)22-12-5-7-13(8-6-12)26-18(19)20/h2-8,10,18H,9H2,1H3,(H,22,24).